The molecular weight excluding hydrogens is 774 g/mol. The van der Waals surface area contributed by atoms with Crippen LogP contribution in [0.25, 0.3) is 0 Å². The van der Waals surface area contributed by atoms with Gasteiger partial charge in [-0.05, 0) is 41.0 Å². The van der Waals surface area contributed by atoms with Crippen LogP contribution in [0, 0.1) is 6.92 Å². The van der Waals surface area contributed by atoms with E-state index in [0.717, 1.165) is 17.7 Å². The fourth-order valence-corrected chi connectivity index (χ4v) is 6.60. The lowest BCUT2D eigenvalue weighted by Gasteiger charge is -2.41. The van der Waals surface area contributed by atoms with Crippen LogP contribution in [0.4, 0.5) is 65.9 Å². The normalized spacial score (nSPS) is 20.7. The summed E-state index contributed by atoms with van der Waals surface area (Å²) in [5, 5.41) is 0. The van der Waals surface area contributed by atoms with Gasteiger partial charge in [0.2, 0.25) is 5.88 Å². The van der Waals surface area contributed by atoms with Crippen molar-refractivity contribution in [3.63, 3.8) is 0 Å². The van der Waals surface area contributed by atoms with Crippen molar-refractivity contribution in [3.05, 3.63) is 34.9 Å². The van der Waals surface area contributed by atoms with Gasteiger partial charge in [-0.1, -0.05) is 13.0 Å². The molecule has 0 radical (unpaired) electrons. The Morgan fingerprint density at radius 3 is 1.88 bits per heavy atom. The van der Waals surface area contributed by atoms with Crippen LogP contribution in [-0.4, -0.2) is 93.4 Å². The van der Waals surface area contributed by atoms with E-state index in [0.29, 0.717) is 6.42 Å². The number of halogens is 15. The second kappa shape index (κ2) is 15.8. The Labute approximate surface area is 288 Å². The molecule has 52 heavy (non-hydrogen) atoms. The molecule has 0 bridgehead atoms. The zero-order chi connectivity index (χ0) is 40.6. The van der Waals surface area contributed by atoms with E-state index in [1.54, 1.807) is 6.92 Å². The van der Waals surface area contributed by atoms with E-state index in [4.69, 9.17) is 13.8 Å². The first-order valence-corrected chi connectivity index (χ1v) is 16.2. The van der Waals surface area contributed by atoms with E-state index in [1.165, 1.54) is 6.08 Å². The molecule has 1 saturated heterocycles. The van der Waals surface area contributed by atoms with E-state index in [9.17, 15) is 70.7 Å². The second-order valence-electron chi connectivity index (χ2n) is 12.1. The fourth-order valence-electron chi connectivity index (χ4n) is 4.85. The topological polar surface area (TPSA) is 75.0 Å². The monoisotopic (exact) mass is 809 g/mol. The molecule has 4 unspecified atom stereocenters. The largest absolute Gasteiger partial charge is 0.471 e. The lowest BCUT2D eigenvalue weighted by atomic mass is 9.91. The van der Waals surface area contributed by atoms with Crippen LogP contribution in [0.1, 0.15) is 59.3 Å². The summed E-state index contributed by atoms with van der Waals surface area (Å²) in [6, 6.07) is -0.0995. The molecule has 0 aromatic carbocycles. The Balaban J connectivity index is 2.36. The molecule has 4 atom stereocenters. The number of hydrogen-bond acceptors (Lipinski definition) is 7. The first-order chi connectivity index (χ1) is 23.4. The fraction of sp³-hybridized carbons (Fsp3) is 0.786. The van der Waals surface area contributed by atoms with Gasteiger partial charge < -0.3 is 18.5 Å². The van der Waals surface area contributed by atoms with Gasteiger partial charge in [-0.15, -0.1) is 6.58 Å². The number of rotatable bonds is 18. The number of aryl methyl sites for hydroxylation is 1. The Kier molecular flexibility index (Phi) is 13.9. The summed E-state index contributed by atoms with van der Waals surface area (Å²) >= 11 is 0. The molecule has 1 aliphatic rings. The minimum absolute atomic E-state index is 0.0361. The van der Waals surface area contributed by atoms with Gasteiger partial charge in [0, 0.05) is 30.3 Å². The van der Waals surface area contributed by atoms with E-state index >= 15 is 0 Å². The molecule has 2 heterocycles. The molecule has 8 nitrogen and oxygen atoms in total. The highest BCUT2D eigenvalue weighted by molar-refractivity contribution is 7.44. The second-order valence-corrected chi connectivity index (χ2v) is 13.5. The number of alkyl halides is 15. The Morgan fingerprint density at radius 1 is 0.923 bits per heavy atom. The van der Waals surface area contributed by atoms with Gasteiger partial charge in [-0.25, -0.2) is 9.46 Å². The third-order valence-corrected chi connectivity index (χ3v) is 9.66. The molecule has 1 aromatic rings. The van der Waals surface area contributed by atoms with Crippen LogP contribution in [0.3, 0.4) is 0 Å². The molecule has 24 heteroatoms. The zero-order valence-corrected chi connectivity index (χ0v) is 29.0. The Bertz CT molecular complexity index is 1430. The van der Waals surface area contributed by atoms with Gasteiger partial charge in [0.05, 0.1) is 18.8 Å². The maximum Gasteiger partial charge on any atom is 0.460 e. The summed E-state index contributed by atoms with van der Waals surface area (Å²) in [4.78, 5) is 16.1. The summed E-state index contributed by atoms with van der Waals surface area (Å²) in [6.07, 6.45) is -7.59. The van der Waals surface area contributed by atoms with Gasteiger partial charge in [0.1, 0.15) is 6.23 Å². The third kappa shape index (κ3) is 8.31. The van der Waals surface area contributed by atoms with Crippen LogP contribution < -0.4 is 10.4 Å². The first kappa shape index (κ1) is 45.8. The van der Waals surface area contributed by atoms with Crippen LogP contribution in [0.5, 0.6) is 5.88 Å². The Morgan fingerprint density at radius 2 is 1.42 bits per heavy atom. The van der Waals surface area contributed by atoms with Crippen molar-refractivity contribution in [2.45, 2.75) is 127 Å². The molecule has 302 valence electrons. The van der Waals surface area contributed by atoms with Crippen LogP contribution >= 0.6 is 8.53 Å². The van der Waals surface area contributed by atoms with Gasteiger partial charge in [0.15, 0.2) is 6.61 Å². The molecule has 0 aliphatic carbocycles. The van der Waals surface area contributed by atoms with E-state index < -0.39 is 92.4 Å². The smallest absolute Gasteiger partial charge is 0.460 e. The van der Waals surface area contributed by atoms with Crippen LogP contribution in [0.2, 0.25) is 0 Å². The molecule has 0 amide bonds. The van der Waals surface area contributed by atoms with Crippen molar-refractivity contribution in [3.8, 4) is 5.88 Å². The van der Waals surface area contributed by atoms with Crippen molar-refractivity contribution < 1.29 is 84.4 Å². The SMILES string of the molecule is C=CCOP(OC1CC(n2cc(C)c(OCC(F)(F)C(F)(F)C(F)(F)C(F)(F)C(F)(F)C(F)(F)C(F)(F)F)nc2=O)OC1CC)N(C(C)C)C(C)C. The summed E-state index contributed by atoms with van der Waals surface area (Å²) in [5.41, 5.74) is -1.84. The first-order valence-electron chi connectivity index (χ1n) is 15.1. The highest BCUT2D eigenvalue weighted by Crippen LogP contribution is 2.62. The predicted octanol–water partition coefficient (Wildman–Crippen LogP) is 8.94. The van der Waals surface area contributed by atoms with E-state index in [2.05, 4.69) is 16.3 Å². The number of nitrogens with zero attached hydrogens (tertiary/aromatic N) is 3. The summed E-state index contributed by atoms with van der Waals surface area (Å²) < 4.78 is 228. The molecule has 0 spiro atoms. The third-order valence-electron chi connectivity index (χ3n) is 7.54. The van der Waals surface area contributed by atoms with Crippen LogP contribution in [-0.2, 0) is 13.8 Å². The number of hydrogen-bond donors (Lipinski definition) is 0. The van der Waals surface area contributed by atoms with Gasteiger partial charge in [-0.3, -0.25) is 4.57 Å². The molecule has 0 N–H and O–H groups in total. The maximum absolute atomic E-state index is 14.3. The molecular formula is C28H35F15N3O5P. The average molecular weight is 810 g/mol. The predicted molar refractivity (Wildman–Crippen MR) is 153 cm³/mol. The van der Waals surface area contributed by atoms with E-state index in [-0.39, 0.29) is 25.1 Å². The van der Waals surface area contributed by atoms with Gasteiger partial charge >= 0.3 is 47.4 Å². The summed E-state index contributed by atoms with van der Waals surface area (Å²) in [7, 11) is -1.72. The molecule has 0 saturated carbocycles. The van der Waals surface area contributed by atoms with Crippen molar-refractivity contribution in [2.24, 2.45) is 0 Å². The van der Waals surface area contributed by atoms with Gasteiger partial charge in [0.25, 0.3) is 8.53 Å². The minimum atomic E-state index is -8.43. The quantitative estimate of drug-likeness (QED) is 0.0834. The van der Waals surface area contributed by atoms with Crippen LogP contribution in [0.15, 0.2) is 23.6 Å². The van der Waals surface area contributed by atoms with E-state index in [1.807, 2.05) is 32.4 Å². The zero-order valence-electron chi connectivity index (χ0n) is 28.1. The van der Waals surface area contributed by atoms with Crippen molar-refractivity contribution in [1.82, 2.24) is 14.2 Å². The van der Waals surface area contributed by atoms with Crippen molar-refractivity contribution in [2.75, 3.05) is 13.2 Å². The summed E-state index contributed by atoms with van der Waals surface area (Å²) in [6.45, 7) is 10.9. The molecule has 2 rings (SSSR count). The summed E-state index contributed by atoms with van der Waals surface area (Å²) in [5.74, 6) is -48.9. The lowest BCUT2D eigenvalue weighted by molar-refractivity contribution is -0.453. The molecule has 1 aliphatic heterocycles. The van der Waals surface area contributed by atoms with Crippen molar-refractivity contribution >= 4 is 8.53 Å². The average Bonchev–Trinajstić information content (AvgIpc) is 3.40. The standard InChI is InChI=1S/C28H35F15N3O5P/c1-8-10-49-52(46(14(3)4)15(5)6)51-18-11-19(50-17(18)9-2)45-12-16(7)20(44-21(45)47)48-13-22(29,30)23(31,32)24(33,34)25(35,36)26(37,38)27(39,40)28(41,42)43/h8,12,14-15,17-19H,1,9-11,13H2,2-7H3. The van der Waals surface area contributed by atoms with Crippen molar-refractivity contribution in [1.29, 1.82) is 0 Å². The number of aromatic nitrogens is 2. The lowest BCUT2D eigenvalue weighted by Crippen LogP contribution is -2.73. The maximum atomic E-state index is 14.3. The molecule has 1 fully saturated rings. The van der Waals surface area contributed by atoms with Gasteiger partial charge in [-0.2, -0.15) is 70.8 Å². The minimum Gasteiger partial charge on any atom is -0.471 e. The molecule has 1 aromatic heterocycles. The number of ether oxygens (including phenoxy) is 2. The highest BCUT2D eigenvalue weighted by atomic mass is 31.2. The highest BCUT2D eigenvalue weighted by Gasteiger charge is 2.93. The Hall–Kier alpha value is -2.36.